The molecule has 0 bridgehead atoms. The number of benzene rings is 2. The van der Waals surface area contributed by atoms with Gasteiger partial charge in [0.25, 0.3) is 0 Å². The Balaban J connectivity index is 1.88. The number of halogens is 2. The van der Waals surface area contributed by atoms with Crippen molar-refractivity contribution in [2.75, 3.05) is 11.4 Å². The van der Waals surface area contributed by atoms with Crippen LogP contribution in [0.5, 0.6) is 0 Å². The van der Waals surface area contributed by atoms with E-state index < -0.39 is 6.50 Å². The van der Waals surface area contributed by atoms with Crippen LogP contribution in [0.1, 0.15) is 25.3 Å². The number of hydrogen-bond donors (Lipinski definition) is 0. The van der Waals surface area contributed by atoms with Crippen LogP contribution in [0.2, 0.25) is 10.0 Å². The monoisotopic (exact) mass is 356 g/mol. The fourth-order valence-corrected chi connectivity index (χ4v) is 3.36. The first-order valence-corrected chi connectivity index (χ1v) is 8.47. The SMILES string of the molecule is [2H]C1([2H])c2ccccc2C(c2ccc(Cl)c(Cl)c2)CN1c1ccccn1. The number of rotatable bonds is 2. The zero-order chi connectivity index (χ0) is 18.3. The van der Waals surface area contributed by atoms with E-state index in [1.807, 2.05) is 54.6 Å². The van der Waals surface area contributed by atoms with Crippen molar-refractivity contribution in [3.05, 3.63) is 93.6 Å². The first-order valence-electron chi connectivity index (χ1n) is 8.71. The summed E-state index contributed by atoms with van der Waals surface area (Å²) >= 11 is 12.3. The summed E-state index contributed by atoms with van der Waals surface area (Å²) in [4.78, 5) is 6.08. The van der Waals surface area contributed by atoms with Crippen molar-refractivity contribution in [1.82, 2.24) is 4.98 Å². The van der Waals surface area contributed by atoms with Crippen molar-refractivity contribution in [1.29, 1.82) is 0 Å². The molecule has 0 radical (unpaired) electrons. The third kappa shape index (κ3) is 2.88. The minimum Gasteiger partial charge on any atom is -0.351 e. The van der Waals surface area contributed by atoms with E-state index in [2.05, 4.69) is 4.98 Å². The molecular formula is C20H16Cl2N2. The first-order chi connectivity index (χ1) is 12.5. The van der Waals surface area contributed by atoms with Gasteiger partial charge in [0, 0.05) is 25.2 Å². The third-order valence-electron chi connectivity index (χ3n) is 4.23. The molecule has 3 aromatic rings. The Morgan fingerprint density at radius 1 is 1.00 bits per heavy atom. The lowest BCUT2D eigenvalue weighted by Crippen LogP contribution is -2.34. The van der Waals surface area contributed by atoms with Crippen LogP contribution in [0.3, 0.4) is 0 Å². The molecule has 1 aliphatic heterocycles. The van der Waals surface area contributed by atoms with Gasteiger partial charge in [-0.15, -0.1) is 0 Å². The molecule has 4 rings (SSSR count). The number of nitrogens with zero attached hydrogens (tertiary/aromatic N) is 2. The zero-order valence-electron chi connectivity index (χ0n) is 14.8. The van der Waals surface area contributed by atoms with E-state index in [1.54, 1.807) is 17.2 Å². The Hall–Kier alpha value is -2.03. The summed E-state index contributed by atoms with van der Waals surface area (Å²) in [5.74, 6) is 0.573. The van der Waals surface area contributed by atoms with Crippen LogP contribution < -0.4 is 4.90 Å². The van der Waals surface area contributed by atoms with Gasteiger partial charge in [-0.25, -0.2) is 4.98 Å². The Labute approximate surface area is 154 Å². The van der Waals surface area contributed by atoms with Crippen LogP contribution in [0, 0.1) is 0 Å². The second kappa shape index (κ2) is 6.46. The van der Waals surface area contributed by atoms with E-state index in [-0.39, 0.29) is 5.92 Å². The van der Waals surface area contributed by atoms with Gasteiger partial charge in [-0.3, -0.25) is 0 Å². The molecule has 4 heteroatoms. The van der Waals surface area contributed by atoms with Gasteiger partial charge in [-0.05, 0) is 41.0 Å². The summed E-state index contributed by atoms with van der Waals surface area (Å²) in [6, 6.07) is 18.8. The predicted molar refractivity (Wildman–Crippen MR) is 100 cm³/mol. The van der Waals surface area contributed by atoms with E-state index in [4.69, 9.17) is 25.9 Å². The minimum absolute atomic E-state index is 0.0354. The molecule has 0 fully saturated rings. The maximum atomic E-state index is 8.74. The van der Waals surface area contributed by atoms with Crippen LogP contribution >= 0.6 is 23.2 Å². The number of aromatic nitrogens is 1. The molecule has 1 aromatic heterocycles. The van der Waals surface area contributed by atoms with Gasteiger partial charge in [-0.2, -0.15) is 0 Å². The van der Waals surface area contributed by atoms with Gasteiger partial charge in [-0.1, -0.05) is 59.6 Å². The van der Waals surface area contributed by atoms with Crippen molar-refractivity contribution in [3.63, 3.8) is 0 Å². The lowest BCUT2D eigenvalue weighted by molar-refractivity contribution is 0.658. The van der Waals surface area contributed by atoms with Gasteiger partial charge in [0.1, 0.15) is 5.82 Å². The van der Waals surface area contributed by atoms with E-state index in [0.717, 1.165) is 11.1 Å². The summed E-state index contributed by atoms with van der Waals surface area (Å²) < 4.78 is 17.5. The van der Waals surface area contributed by atoms with Crippen molar-refractivity contribution < 1.29 is 2.74 Å². The van der Waals surface area contributed by atoms with Gasteiger partial charge < -0.3 is 4.90 Å². The summed E-state index contributed by atoms with van der Waals surface area (Å²) in [7, 11) is 0. The van der Waals surface area contributed by atoms with Crippen LogP contribution in [-0.4, -0.2) is 11.5 Å². The van der Waals surface area contributed by atoms with E-state index in [9.17, 15) is 0 Å². The average molecular weight is 357 g/mol. The lowest BCUT2D eigenvalue weighted by atomic mass is 9.84. The molecule has 0 N–H and O–H groups in total. The average Bonchev–Trinajstić information content (AvgIpc) is 2.65. The van der Waals surface area contributed by atoms with E-state index in [0.29, 0.717) is 28.0 Å². The number of hydrogen-bond acceptors (Lipinski definition) is 2. The Bertz CT molecular complexity index is 948. The van der Waals surface area contributed by atoms with Crippen molar-refractivity contribution >= 4 is 29.0 Å². The van der Waals surface area contributed by atoms with E-state index in [1.165, 1.54) is 0 Å². The van der Waals surface area contributed by atoms with Crippen LogP contribution in [-0.2, 0) is 6.50 Å². The molecule has 24 heavy (non-hydrogen) atoms. The summed E-state index contributed by atoms with van der Waals surface area (Å²) in [5.41, 5.74) is 2.61. The molecule has 1 unspecified atom stereocenters. The molecule has 2 aromatic carbocycles. The summed E-state index contributed by atoms with van der Waals surface area (Å²) in [5, 5.41) is 1.01. The highest BCUT2D eigenvalue weighted by molar-refractivity contribution is 6.42. The molecule has 0 amide bonds. The topological polar surface area (TPSA) is 16.1 Å². The highest BCUT2D eigenvalue weighted by Gasteiger charge is 2.27. The van der Waals surface area contributed by atoms with Crippen molar-refractivity contribution in [2.45, 2.75) is 12.4 Å². The quantitative estimate of drug-likeness (QED) is 0.599. The molecule has 120 valence electrons. The number of pyridine rings is 1. The molecule has 1 aliphatic rings. The molecular weight excluding hydrogens is 339 g/mol. The van der Waals surface area contributed by atoms with Crippen LogP contribution in [0.25, 0.3) is 0 Å². The Morgan fingerprint density at radius 2 is 1.83 bits per heavy atom. The highest BCUT2D eigenvalue weighted by atomic mass is 35.5. The molecule has 2 heterocycles. The smallest absolute Gasteiger partial charge is 0.128 e. The summed E-state index contributed by atoms with van der Waals surface area (Å²) in [6.07, 6.45) is 1.68. The largest absolute Gasteiger partial charge is 0.351 e. The molecule has 0 aliphatic carbocycles. The van der Waals surface area contributed by atoms with Crippen molar-refractivity contribution in [2.24, 2.45) is 0 Å². The second-order valence-corrected chi connectivity index (χ2v) is 6.54. The molecule has 2 nitrogen and oxygen atoms in total. The van der Waals surface area contributed by atoms with Gasteiger partial charge in [0.2, 0.25) is 0 Å². The Kier molecular flexibility index (Phi) is 3.58. The predicted octanol–water partition coefficient (Wildman–Crippen LogP) is 5.54. The number of fused-ring (bicyclic) bond motifs is 1. The fraction of sp³-hybridized carbons (Fsp3) is 0.150. The second-order valence-electron chi connectivity index (χ2n) is 5.72. The molecule has 0 spiro atoms. The summed E-state index contributed by atoms with van der Waals surface area (Å²) in [6.45, 7) is -1.20. The van der Waals surface area contributed by atoms with Crippen molar-refractivity contribution in [3.8, 4) is 0 Å². The maximum Gasteiger partial charge on any atom is 0.128 e. The normalized spacial score (nSPS) is 20.1. The van der Waals surface area contributed by atoms with Gasteiger partial charge >= 0.3 is 0 Å². The zero-order valence-corrected chi connectivity index (χ0v) is 14.3. The lowest BCUT2D eigenvalue weighted by Gasteiger charge is -2.36. The van der Waals surface area contributed by atoms with Gasteiger partial charge in [0.05, 0.1) is 12.8 Å². The van der Waals surface area contributed by atoms with Gasteiger partial charge in [0.15, 0.2) is 0 Å². The fourth-order valence-electron chi connectivity index (χ4n) is 3.05. The minimum atomic E-state index is -1.66. The highest BCUT2D eigenvalue weighted by Crippen LogP contribution is 2.37. The maximum absolute atomic E-state index is 8.74. The standard InChI is InChI=1S/C20H16Cl2N2/c21-18-9-8-14(11-19(18)22)17-13-24(20-7-3-4-10-23-20)12-15-5-1-2-6-16(15)17/h1-11,17H,12-13H2/i12D2. The van der Waals surface area contributed by atoms with Crippen LogP contribution in [0.15, 0.2) is 66.9 Å². The first kappa shape index (κ1) is 13.3. The Morgan fingerprint density at radius 3 is 2.62 bits per heavy atom. The third-order valence-corrected chi connectivity index (χ3v) is 4.97. The molecule has 1 atom stereocenters. The molecule has 0 saturated carbocycles. The molecule has 0 saturated heterocycles. The van der Waals surface area contributed by atoms with Crippen LogP contribution in [0.4, 0.5) is 5.82 Å². The van der Waals surface area contributed by atoms with E-state index >= 15 is 0 Å². The number of anilines is 1.